The van der Waals surface area contributed by atoms with Gasteiger partial charge in [0.25, 0.3) is 0 Å². The Morgan fingerprint density at radius 2 is 1.81 bits per heavy atom. The topological polar surface area (TPSA) is 50.4 Å². The molecule has 1 heterocycles. The number of ether oxygens (including phenoxy) is 1. The molecule has 3 aromatic rings. The van der Waals surface area contributed by atoms with Crippen LogP contribution in [0, 0.1) is 0 Å². The number of hydrogen-bond donors (Lipinski definition) is 2. The van der Waals surface area contributed by atoms with E-state index in [0.717, 1.165) is 23.4 Å². The summed E-state index contributed by atoms with van der Waals surface area (Å²) < 4.78 is 6.32. The fourth-order valence-corrected chi connectivity index (χ4v) is 3.53. The summed E-state index contributed by atoms with van der Waals surface area (Å²) in [6.45, 7) is 0.840. The van der Waals surface area contributed by atoms with Crippen LogP contribution in [0.15, 0.2) is 72.1 Å². The second-order valence-corrected chi connectivity index (χ2v) is 7.24. The van der Waals surface area contributed by atoms with Crippen LogP contribution < -0.4 is 15.4 Å². The van der Waals surface area contributed by atoms with E-state index >= 15 is 0 Å². The van der Waals surface area contributed by atoms with Gasteiger partial charge in [0.1, 0.15) is 11.9 Å². The van der Waals surface area contributed by atoms with E-state index < -0.39 is 0 Å². The van der Waals surface area contributed by atoms with Gasteiger partial charge in [-0.25, -0.2) is 0 Å². The second kappa shape index (κ2) is 9.90. The fourth-order valence-electron chi connectivity index (χ4n) is 2.83. The Kier molecular flexibility index (Phi) is 7.02. The summed E-state index contributed by atoms with van der Waals surface area (Å²) in [7, 11) is 1.93. The maximum absolute atomic E-state index is 12.4. The molecule has 3 rings (SSSR count). The molecule has 4 nitrogen and oxygen atoms in total. The lowest BCUT2D eigenvalue weighted by molar-refractivity contribution is -0.115. The van der Waals surface area contributed by atoms with Gasteiger partial charge in [0.05, 0.1) is 12.1 Å². The number of benzene rings is 2. The Morgan fingerprint density at radius 3 is 2.56 bits per heavy atom. The average molecular weight is 381 g/mol. The van der Waals surface area contributed by atoms with Crippen molar-refractivity contribution in [2.24, 2.45) is 0 Å². The summed E-state index contributed by atoms with van der Waals surface area (Å²) in [6, 6.07) is 21.7. The number of hydrogen-bond acceptors (Lipinski definition) is 4. The quantitative estimate of drug-likeness (QED) is 0.568. The third kappa shape index (κ3) is 5.67. The number of carbonyl (C=O) groups excluding carboxylic acids is 1. The average Bonchev–Trinajstić information content (AvgIpc) is 3.20. The van der Waals surface area contributed by atoms with Crippen LogP contribution in [0.3, 0.4) is 0 Å². The molecule has 2 aromatic carbocycles. The summed E-state index contributed by atoms with van der Waals surface area (Å²) in [5, 5.41) is 8.14. The molecule has 0 saturated carbocycles. The van der Waals surface area contributed by atoms with E-state index in [1.165, 1.54) is 0 Å². The van der Waals surface area contributed by atoms with E-state index in [1.54, 1.807) is 11.3 Å². The Bertz CT molecular complexity index is 835. The van der Waals surface area contributed by atoms with Crippen molar-refractivity contribution in [2.45, 2.75) is 18.9 Å². The number of nitrogens with one attached hydrogen (secondary N) is 2. The molecule has 5 heteroatoms. The SMILES string of the molecule is CNCCC(Oc1ccccc1NC(=O)Cc1cccs1)c1ccccc1. The molecule has 1 unspecified atom stereocenters. The molecule has 0 aliphatic carbocycles. The molecule has 0 bridgehead atoms. The van der Waals surface area contributed by atoms with Gasteiger partial charge in [-0.2, -0.15) is 0 Å². The molecule has 140 valence electrons. The van der Waals surface area contributed by atoms with Crippen LogP contribution in [-0.4, -0.2) is 19.5 Å². The number of carbonyl (C=O) groups is 1. The van der Waals surface area contributed by atoms with E-state index in [9.17, 15) is 4.79 Å². The van der Waals surface area contributed by atoms with Crippen molar-refractivity contribution in [3.8, 4) is 5.75 Å². The number of anilines is 1. The van der Waals surface area contributed by atoms with Crippen LogP contribution in [-0.2, 0) is 11.2 Å². The highest BCUT2D eigenvalue weighted by Crippen LogP contribution is 2.31. The summed E-state index contributed by atoms with van der Waals surface area (Å²) in [4.78, 5) is 13.4. The minimum absolute atomic E-state index is 0.0417. The van der Waals surface area contributed by atoms with Crippen LogP contribution in [0.1, 0.15) is 23.0 Å². The van der Waals surface area contributed by atoms with Crippen molar-refractivity contribution >= 4 is 22.9 Å². The Hall–Kier alpha value is -2.63. The molecule has 0 radical (unpaired) electrons. The van der Waals surface area contributed by atoms with E-state index in [4.69, 9.17) is 4.74 Å². The van der Waals surface area contributed by atoms with E-state index in [2.05, 4.69) is 22.8 Å². The molecular weight excluding hydrogens is 356 g/mol. The Balaban J connectivity index is 1.74. The monoisotopic (exact) mass is 380 g/mol. The van der Waals surface area contributed by atoms with Crippen LogP contribution in [0.25, 0.3) is 0 Å². The van der Waals surface area contributed by atoms with Crippen LogP contribution in [0.2, 0.25) is 0 Å². The summed E-state index contributed by atoms with van der Waals surface area (Å²) in [6.07, 6.45) is 1.11. The van der Waals surface area contributed by atoms with Crippen LogP contribution in [0.4, 0.5) is 5.69 Å². The lowest BCUT2D eigenvalue weighted by Crippen LogP contribution is -2.18. The molecular formula is C22H24N2O2S. The molecule has 0 saturated heterocycles. The fraction of sp³-hybridized carbons (Fsp3) is 0.227. The minimum atomic E-state index is -0.0889. The summed E-state index contributed by atoms with van der Waals surface area (Å²) in [5.41, 5.74) is 1.82. The highest BCUT2D eigenvalue weighted by Gasteiger charge is 2.16. The standard InChI is InChI=1S/C22H24N2O2S/c1-23-14-13-20(17-8-3-2-4-9-17)26-21-12-6-5-11-19(21)24-22(25)16-18-10-7-15-27-18/h2-12,15,20,23H,13-14,16H2,1H3,(H,24,25). The molecule has 1 aromatic heterocycles. The molecule has 27 heavy (non-hydrogen) atoms. The maximum Gasteiger partial charge on any atom is 0.229 e. The summed E-state index contributed by atoms with van der Waals surface area (Å²) >= 11 is 1.58. The first kappa shape index (κ1) is 19.1. The predicted octanol–water partition coefficient (Wildman–Crippen LogP) is 4.66. The van der Waals surface area contributed by atoms with Gasteiger partial charge in [-0.1, -0.05) is 48.5 Å². The van der Waals surface area contributed by atoms with Gasteiger partial charge in [0.2, 0.25) is 5.91 Å². The van der Waals surface area contributed by atoms with Crippen LogP contribution >= 0.6 is 11.3 Å². The smallest absolute Gasteiger partial charge is 0.229 e. The highest BCUT2D eigenvalue weighted by atomic mass is 32.1. The zero-order valence-electron chi connectivity index (χ0n) is 15.4. The lowest BCUT2D eigenvalue weighted by Gasteiger charge is -2.21. The highest BCUT2D eigenvalue weighted by molar-refractivity contribution is 7.10. The predicted molar refractivity (Wildman–Crippen MR) is 111 cm³/mol. The Morgan fingerprint density at radius 1 is 1.04 bits per heavy atom. The molecule has 0 aliphatic heterocycles. The zero-order valence-corrected chi connectivity index (χ0v) is 16.2. The summed E-state index contributed by atoms with van der Waals surface area (Å²) in [5.74, 6) is 0.641. The van der Waals surface area contributed by atoms with Crippen molar-refractivity contribution < 1.29 is 9.53 Å². The number of amides is 1. The minimum Gasteiger partial charge on any atom is -0.484 e. The molecule has 0 spiro atoms. The van der Waals surface area contributed by atoms with E-state index in [0.29, 0.717) is 17.9 Å². The first-order valence-electron chi connectivity index (χ1n) is 9.03. The number of rotatable bonds is 9. The van der Waals surface area contributed by atoms with Crippen LogP contribution in [0.5, 0.6) is 5.75 Å². The van der Waals surface area contributed by atoms with Crippen molar-refractivity contribution in [3.63, 3.8) is 0 Å². The second-order valence-electron chi connectivity index (χ2n) is 6.21. The normalized spacial score (nSPS) is 11.7. The third-order valence-corrected chi connectivity index (χ3v) is 5.05. The van der Waals surface area contributed by atoms with E-state index in [1.807, 2.05) is 67.0 Å². The third-order valence-electron chi connectivity index (χ3n) is 4.17. The van der Waals surface area contributed by atoms with Gasteiger partial charge < -0.3 is 15.4 Å². The van der Waals surface area contributed by atoms with Gasteiger partial charge in [-0.3, -0.25) is 4.79 Å². The lowest BCUT2D eigenvalue weighted by atomic mass is 10.1. The van der Waals surface area contributed by atoms with Gasteiger partial charge in [-0.05, 0) is 42.7 Å². The van der Waals surface area contributed by atoms with Gasteiger partial charge in [0, 0.05) is 11.3 Å². The molecule has 2 N–H and O–H groups in total. The molecule has 1 atom stereocenters. The van der Waals surface area contributed by atoms with Crippen molar-refractivity contribution in [2.75, 3.05) is 18.9 Å². The first-order chi connectivity index (χ1) is 13.3. The van der Waals surface area contributed by atoms with Crippen molar-refractivity contribution in [1.82, 2.24) is 5.32 Å². The zero-order chi connectivity index (χ0) is 18.9. The van der Waals surface area contributed by atoms with Crippen molar-refractivity contribution in [1.29, 1.82) is 0 Å². The van der Waals surface area contributed by atoms with Gasteiger partial charge in [0.15, 0.2) is 0 Å². The molecule has 0 aliphatic rings. The van der Waals surface area contributed by atoms with Gasteiger partial charge >= 0.3 is 0 Å². The Labute approximate surface area is 164 Å². The maximum atomic E-state index is 12.4. The van der Waals surface area contributed by atoms with E-state index in [-0.39, 0.29) is 12.0 Å². The molecule has 0 fully saturated rings. The van der Waals surface area contributed by atoms with Crippen molar-refractivity contribution in [3.05, 3.63) is 82.6 Å². The largest absolute Gasteiger partial charge is 0.484 e. The first-order valence-corrected chi connectivity index (χ1v) is 9.91. The number of para-hydroxylation sites is 2. The number of thiophene rings is 1. The van der Waals surface area contributed by atoms with Gasteiger partial charge in [-0.15, -0.1) is 11.3 Å². The molecule has 1 amide bonds.